The molecule has 0 saturated heterocycles. The van der Waals surface area contributed by atoms with Crippen LogP contribution >= 0.6 is 0 Å². The van der Waals surface area contributed by atoms with Crippen molar-refractivity contribution < 1.29 is 18.3 Å². The van der Waals surface area contributed by atoms with Crippen LogP contribution in [0.3, 0.4) is 0 Å². The first-order valence-electron chi connectivity index (χ1n) is 7.81. The van der Waals surface area contributed by atoms with E-state index >= 15 is 0 Å². The minimum absolute atomic E-state index is 0.0816. The van der Waals surface area contributed by atoms with Crippen molar-refractivity contribution in [3.63, 3.8) is 0 Å². The highest BCUT2D eigenvalue weighted by Crippen LogP contribution is 2.19. The first-order valence-corrected chi connectivity index (χ1v) is 7.81. The highest BCUT2D eigenvalue weighted by atomic mass is 19.3. The van der Waals surface area contributed by atoms with Crippen molar-refractivity contribution in [2.45, 2.75) is 32.4 Å². The second kappa shape index (κ2) is 8.78. The molecule has 1 N–H and O–H groups in total. The number of hydrogen-bond acceptors (Lipinski definition) is 3. The number of rotatable bonds is 7. The topological polar surface area (TPSA) is 62.1 Å². The van der Waals surface area contributed by atoms with E-state index in [-0.39, 0.29) is 17.7 Å². The lowest BCUT2D eigenvalue weighted by Crippen LogP contribution is -2.26. The van der Waals surface area contributed by atoms with E-state index in [9.17, 15) is 13.6 Å². The van der Waals surface area contributed by atoms with Gasteiger partial charge in [-0.2, -0.15) is 14.0 Å². The van der Waals surface area contributed by atoms with E-state index in [1.54, 1.807) is 24.3 Å². The van der Waals surface area contributed by atoms with Gasteiger partial charge in [0.15, 0.2) is 0 Å². The Morgan fingerprint density at radius 1 is 1.16 bits per heavy atom. The van der Waals surface area contributed by atoms with Gasteiger partial charge >= 0.3 is 6.61 Å². The molecule has 6 heteroatoms. The number of nitrogens with one attached hydrogen (secondary N) is 1. The molecule has 1 atom stereocenters. The molecule has 0 aromatic heterocycles. The number of carbonyl (C=O) groups is 1. The molecule has 0 aliphatic heterocycles. The average molecular weight is 344 g/mol. The lowest BCUT2D eigenvalue weighted by atomic mass is 10.1. The second-order valence-corrected chi connectivity index (χ2v) is 5.55. The number of benzene rings is 2. The van der Waals surface area contributed by atoms with Gasteiger partial charge in [0.2, 0.25) is 5.91 Å². The second-order valence-electron chi connectivity index (χ2n) is 5.55. The van der Waals surface area contributed by atoms with Crippen molar-refractivity contribution in [3.8, 4) is 11.8 Å². The molecular formula is C19H18F2N2O2. The minimum atomic E-state index is -2.86. The molecule has 2 aromatic rings. The van der Waals surface area contributed by atoms with Gasteiger partial charge in [-0.05, 0) is 48.7 Å². The van der Waals surface area contributed by atoms with Gasteiger partial charge in [0.1, 0.15) is 5.75 Å². The van der Waals surface area contributed by atoms with Crippen LogP contribution in [0.1, 0.15) is 36.1 Å². The summed E-state index contributed by atoms with van der Waals surface area (Å²) in [5, 5.41) is 11.6. The zero-order valence-electron chi connectivity index (χ0n) is 13.7. The van der Waals surface area contributed by atoms with E-state index in [1.807, 2.05) is 25.1 Å². The van der Waals surface area contributed by atoms with Crippen LogP contribution in [0, 0.1) is 11.3 Å². The fraction of sp³-hybridized carbons (Fsp3) is 0.263. The molecule has 0 bridgehead atoms. The number of nitrogens with zero attached hydrogens (tertiary/aromatic N) is 1. The predicted molar refractivity (Wildman–Crippen MR) is 89.1 cm³/mol. The Kier molecular flexibility index (Phi) is 6.47. The number of ether oxygens (including phenoxy) is 1. The maximum Gasteiger partial charge on any atom is 0.387 e. The fourth-order valence-electron chi connectivity index (χ4n) is 2.34. The number of hydrogen-bond donors (Lipinski definition) is 1. The Labute approximate surface area is 145 Å². The summed E-state index contributed by atoms with van der Waals surface area (Å²) in [6.07, 6.45) is 0.897. The van der Waals surface area contributed by atoms with E-state index in [1.165, 1.54) is 12.1 Å². The Hall–Kier alpha value is -2.94. The summed E-state index contributed by atoms with van der Waals surface area (Å²) in [6.45, 7) is -1.03. The summed E-state index contributed by atoms with van der Waals surface area (Å²) in [5.74, 6) is -0.0251. The fourth-order valence-corrected chi connectivity index (χ4v) is 2.34. The molecule has 4 nitrogen and oxygen atoms in total. The third-order valence-electron chi connectivity index (χ3n) is 3.71. The van der Waals surface area contributed by atoms with Crippen LogP contribution in [0.4, 0.5) is 8.78 Å². The summed E-state index contributed by atoms with van der Waals surface area (Å²) in [4.78, 5) is 12.0. The van der Waals surface area contributed by atoms with Gasteiger partial charge in [-0.3, -0.25) is 4.79 Å². The minimum Gasteiger partial charge on any atom is -0.435 e. The molecule has 2 rings (SSSR count). The van der Waals surface area contributed by atoms with E-state index in [2.05, 4.69) is 10.1 Å². The van der Waals surface area contributed by atoms with Crippen molar-refractivity contribution in [1.82, 2.24) is 5.32 Å². The highest BCUT2D eigenvalue weighted by molar-refractivity contribution is 5.76. The van der Waals surface area contributed by atoms with E-state index in [4.69, 9.17) is 5.26 Å². The van der Waals surface area contributed by atoms with E-state index in [0.717, 1.165) is 11.1 Å². The first-order chi connectivity index (χ1) is 12.0. The van der Waals surface area contributed by atoms with Gasteiger partial charge < -0.3 is 10.1 Å². The lowest BCUT2D eigenvalue weighted by molar-refractivity contribution is -0.121. The van der Waals surface area contributed by atoms with E-state index in [0.29, 0.717) is 18.4 Å². The molecule has 0 aliphatic carbocycles. The Bertz CT molecular complexity index is 738. The van der Waals surface area contributed by atoms with Crippen LogP contribution in [-0.2, 0) is 11.2 Å². The maximum atomic E-state index is 12.1. The number of nitriles is 1. The highest BCUT2D eigenvalue weighted by Gasteiger charge is 2.11. The molecule has 1 amide bonds. The van der Waals surface area contributed by atoms with Gasteiger partial charge in [0.05, 0.1) is 17.7 Å². The SMILES string of the molecule is CC(NC(=O)CCc1ccc(C#N)cc1)c1ccc(OC(F)F)cc1. The summed E-state index contributed by atoms with van der Waals surface area (Å²) in [5.41, 5.74) is 2.37. The summed E-state index contributed by atoms with van der Waals surface area (Å²) >= 11 is 0. The summed E-state index contributed by atoms with van der Waals surface area (Å²) < 4.78 is 28.5. The zero-order valence-corrected chi connectivity index (χ0v) is 13.7. The molecule has 0 fully saturated rings. The first kappa shape index (κ1) is 18.4. The third kappa shape index (κ3) is 5.88. The molecule has 0 saturated carbocycles. The van der Waals surface area contributed by atoms with Crippen LogP contribution in [0.25, 0.3) is 0 Å². The third-order valence-corrected chi connectivity index (χ3v) is 3.71. The summed E-state index contributed by atoms with van der Waals surface area (Å²) in [6, 6.07) is 15.1. The molecule has 25 heavy (non-hydrogen) atoms. The van der Waals surface area contributed by atoms with Crippen LogP contribution < -0.4 is 10.1 Å². The molecule has 0 aliphatic rings. The summed E-state index contributed by atoms with van der Waals surface area (Å²) in [7, 11) is 0. The van der Waals surface area contributed by atoms with Crippen molar-refractivity contribution in [2.75, 3.05) is 0 Å². The van der Waals surface area contributed by atoms with Gasteiger partial charge in [0, 0.05) is 6.42 Å². The Balaban J connectivity index is 1.83. The largest absolute Gasteiger partial charge is 0.435 e. The molecule has 1 unspecified atom stereocenters. The molecule has 2 aromatic carbocycles. The number of aryl methyl sites for hydroxylation is 1. The van der Waals surface area contributed by atoms with Crippen LogP contribution in [-0.4, -0.2) is 12.5 Å². The monoisotopic (exact) mass is 344 g/mol. The molecule has 0 heterocycles. The molecular weight excluding hydrogens is 326 g/mol. The smallest absolute Gasteiger partial charge is 0.387 e. The van der Waals surface area contributed by atoms with Gasteiger partial charge in [-0.25, -0.2) is 0 Å². The predicted octanol–water partition coefficient (Wildman–Crippen LogP) is 3.97. The van der Waals surface area contributed by atoms with Crippen molar-refractivity contribution in [3.05, 3.63) is 65.2 Å². The quantitative estimate of drug-likeness (QED) is 0.827. The lowest BCUT2D eigenvalue weighted by Gasteiger charge is -2.15. The van der Waals surface area contributed by atoms with Crippen molar-refractivity contribution in [1.29, 1.82) is 5.26 Å². The van der Waals surface area contributed by atoms with Crippen LogP contribution in [0.5, 0.6) is 5.75 Å². The van der Waals surface area contributed by atoms with Crippen molar-refractivity contribution in [2.24, 2.45) is 0 Å². The van der Waals surface area contributed by atoms with Crippen LogP contribution in [0.2, 0.25) is 0 Å². The number of carbonyl (C=O) groups excluding carboxylic acids is 1. The number of alkyl halides is 2. The van der Waals surface area contributed by atoms with Gasteiger partial charge in [-0.1, -0.05) is 24.3 Å². The maximum absolute atomic E-state index is 12.1. The molecule has 0 radical (unpaired) electrons. The average Bonchev–Trinajstić information content (AvgIpc) is 2.60. The number of amides is 1. The van der Waals surface area contributed by atoms with E-state index < -0.39 is 6.61 Å². The van der Waals surface area contributed by atoms with Gasteiger partial charge in [-0.15, -0.1) is 0 Å². The van der Waals surface area contributed by atoms with Gasteiger partial charge in [0.25, 0.3) is 0 Å². The van der Waals surface area contributed by atoms with Crippen LogP contribution in [0.15, 0.2) is 48.5 Å². The Morgan fingerprint density at radius 2 is 1.80 bits per heavy atom. The standard InChI is InChI=1S/C19H18F2N2O2/c1-13(16-7-9-17(10-8-16)25-19(20)21)23-18(24)11-6-14-2-4-15(12-22)5-3-14/h2-5,7-10,13,19H,6,11H2,1H3,(H,23,24). The molecule has 0 spiro atoms. The Morgan fingerprint density at radius 3 is 2.36 bits per heavy atom. The zero-order chi connectivity index (χ0) is 18.2. The van der Waals surface area contributed by atoms with Crippen molar-refractivity contribution >= 4 is 5.91 Å². The molecule has 130 valence electrons. The number of halogens is 2. The normalized spacial score (nSPS) is 11.6.